The van der Waals surface area contributed by atoms with Crippen molar-refractivity contribution in [2.45, 2.75) is 12.3 Å². The van der Waals surface area contributed by atoms with E-state index in [0.29, 0.717) is 18.7 Å². The van der Waals surface area contributed by atoms with Crippen LogP contribution < -0.4 is 10.5 Å². The van der Waals surface area contributed by atoms with Crippen LogP contribution in [0.5, 0.6) is 5.75 Å². The van der Waals surface area contributed by atoms with Gasteiger partial charge in [-0.3, -0.25) is 4.98 Å². The number of nitrogens with zero attached hydrogens (tertiary/aromatic N) is 1. The lowest BCUT2D eigenvalue weighted by atomic mass is 10.1. The van der Waals surface area contributed by atoms with Gasteiger partial charge in [0.25, 0.3) is 0 Å². The van der Waals surface area contributed by atoms with Crippen molar-refractivity contribution < 1.29 is 13.5 Å². The van der Waals surface area contributed by atoms with E-state index in [1.165, 1.54) is 18.3 Å². The molecule has 2 N–H and O–H groups in total. The van der Waals surface area contributed by atoms with E-state index in [1.54, 1.807) is 30.3 Å². The number of pyridine rings is 1. The summed E-state index contributed by atoms with van der Waals surface area (Å²) in [6, 6.07) is 11.0. The molecule has 0 saturated carbocycles. The highest BCUT2D eigenvalue weighted by atomic mass is 19.3. The fourth-order valence-corrected chi connectivity index (χ4v) is 1.73. The summed E-state index contributed by atoms with van der Waals surface area (Å²) < 4.78 is 32.9. The lowest BCUT2D eigenvalue weighted by molar-refractivity contribution is -0.0468. The summed E-state index contributed by atoms with van der Waals surface area (Å²) in [4.78, 5) is 4.09. The molecule has 0 radical (unpaired) electrons. The van der Waals surface area contributed by atoms with Crippen LogP contribution in [0, 0.1) is 0 Å². The van der Waals surface area contributed by atoms with Gasteiger partial charge in [0.1, 0.15) is 5.75 Å². The first kappa shape index (κ1) is 14.4. The maximum absolute atomic E-state index is 13.9. The number of hydrogen-bond acceptors (Lipinski definition) is 3. The highest BCUT2D eigenvalue weighted by Gasteiger charge is 2.32. The lowest BCUT2D eigenvalue weighted by Gasteiger charge is -2.17. The Morgan fingerprint density at radius 2 is 1.85 bits per heavy atom. The number of hydrogen-bond donors (Lipinski definition) is 1. The molecule has 0 atom stereocenters. The van der Waals surface area contributed by atoms with Gasteiger partial charge in [0.15, 0.2) is 6.61 Å². The Balaban J connectivity index is 1.97. The largest absolute Gasteiger partial charge is 0.485 e. The second-order valence-corrected chi connectivity index (χ2v) is 4.38. The van der Waals surface area contributed by atoms with Gasteiger partial charge >= 0.3 is 5.92 Å². The van der Waals surface area contributed by atoms with E-state index < -0.39 is 12.5 Å². The van der Waals surface area contributed by atoms with E-state index in [2.05, 4.69) is 4.98 Å². The van der Waals surface area contributed by atoms with Crippen molar-refractivity contribution in [3.63, 3.8) is 0 Å². The van der Waals surface area contributed by atoms with Crippen molar-refractivity contribution >= 4 is 0 Å². The van der Waals surface area contributed by atoms with Crippen molar-refractivity contribution in [1.29, 1.82) is 0 Å². The predicted molar refractivity (Wildman–Crippen MR) is 72.8 cm³/mol. The van der Waals surface area contributed by atoms with Gasteiger partial charge in [-0.1, -0.05) is 30.3 Å². The Morgan fingerprint density at radius 3 is 2.45 bits per heavy atom. The first-order valence-electron chi connectivity index (χ1n) is 6.33. The topological polar surface area (TPSA) is 48.1 Å². The summed E-state index contributed by atoms with van der Waals surface area (Å²) in [7, 11) is 0. The molecular weight excluding hydrogens is 262 g/mol. The monoisotopic (exact) mass is 278 g/mol. The highest BCUT2D eigenvalue weighted by Crippen LogP contribution is 2.28. The van der Waals surface area contributed by atoms with Gasteiger partial charge in [0, 0.05) is 17.7 Å². The van der Waals surface area contributed by atoms with Gasteiger partial charge in [0.2, 0.25) is 0 Å². The highest BCUT2D eigenvalue weighted by molar-refractivity contribution is 5.22. The molecule has 106 valence electrons. The standard InChI is InChI=1S/C15H16F2N2O/c16-15(17,12-4-2-1-3-5-12)11-20-14-7-6-13(8-9-18)19-10-14/h1-7,10H,8-9,11,18H2. The van der Waals surface area contributed by atoms with Gasteiger partial charge in [-0.2, -0.15) is 8.78 Å². The Labute approximate surface area is 116 Å². The Kier molecular flexibility index (Phi) is 4.63. The quantitative estimate of drug-likeness (QED) is 0.884. The third kappa shape index (κ3) is 3.74. The molecule has 0 spiro atoms. The molecule has 0 saturated heterocycles. The minimum Gasteiger partial charge on any atom is -0.485 e. The zero-order chi connectivity index (χ0) is 14.4. The van der Waals surface area contributed by atoms with Crippen molar-refractivity contribution in [1.82, 2.24) is 4.98 Å². The number of alkyl halides is 2. The third-order valence-corrected chi connectivity index (χ3v) is 2.81. The lowest BCUT2D eigenvalue weighted by Crippen LogP contribution is -2.23. The van der Waals surface area contributed by atoms with Crippen LogP contribution in [0.15, 0.2) is 48.7 Å². The second-order valence-electron chi connectivity index (χ2n) is 4.38. The van der Waals surface area contributed by atoms with Gasteiger partial charge < -0.3 is 10.5 Å². The SMILES string of the molecule is NCCc1ccc(OCC(F)(F)c2ccccc2)cn1. The summed E-state index contributed by atoms with van der Waals surface area (Å²) in [6.07, 6.45) is 2.09. The molecule has 0 bridgehead atoms. The fourth-order valence-electron chi connectivity index (χ4n) is 1.73. The molecule has 0 aliphatic rings. The Bertz CT molecular complexity index is 529. The minimum absolute atomic E-state index is 0.0623. The summed E-state index contributed by atoms with van der Waals surface area (Å²) >= 11 is 0. The van der Waals surface area contributed by atoms with Crippen molar-refractivity contribution in [2.24, 2.45) is 5.73 Å². The molecule has 0 aliphatic heterocycles. The van der Waals surface area contributed by atoms with E-state index in [9.17, 15) is 8.78 Å². The van der Waals surface area contributed by atoms with Crippen molar-refractivity contribution in [2.75, 3.05) is 13.2 Å². The first-order chi connectivity index (χ1) is 9.62. The maximum atomic E-state index is 13.9. The van der Waals surface area contributed by atoms with Crippen LogP contribution in [0.25, 0.3) is 0 Å². The van der Waals surface area contributed by atoms with Crippen LogP contribution in [0.3, 0.4) is 0 Å². The molecule has 0 fully saturated rings. The first-order valence-corrected chi connectivity index (χ1v) is 6.33. The molecular formula is C15H16F2N2O. The fraction of sp³-hybridized carbons (Fsp3) is 0.267. The van der Waals surface area contributed by atoms with Crippen LogP contribution in [-0.2, 0) is 12.3 Å². The molecule has 1 aromatic heterocycles. The van der Waals surface area contributed by atoms with Gasteiger partial charge in [-0.05, 0) is 18.7 Å². The Hall–Kier alpha value is -2.01. The average molecular weight is 278 g/mol. The van der Waals surface area contributed by atoms with E-state index >= 15 is 0 Å². The van der Waals surface area contributed by atoms with E-state index in [0.717, 1.165) is 5.69 Å². The molecule has 1 aromatic carbocycles. The second kappa shape index (κ2) is 6.43. The maximum Gasteiger partial charge on any atom is 0.306 e. The van der Waals surface area contributed by atoms with Gasteiger partial charge in [0.05, 0.1) is 6.20 Å². The number of rotatable bonds is 6. The summed E-state index contributed by atoms with van der Waals surface area (Å²) in [5, 5.41) is 0. The number of benzene rings is 1. The van der Waals surface area contributed by atoms with Crippen molar-refractivity contribution in [3.8, 4) is 5.75 Å². The number of nitrogens with two attached hydrogens (primary N) is 1. The normalized spacial score (nSPS) is 11.3. The zero-order valence-corrected chi connectivity index (χ0v) is 10.9. The van der Waals surface area contributed by atoms with Crippen LogP contribution in [0.1, 0.15) is 11.3 Å². The average Bonchev–Trinajstić information content (AvgIpc) is 2.48. The third-order valence-electron chi connectivity index (χ3n) is 2.81. The van der Waals surface area contributed by atoms with Crippen LogP contribution in [-0.4, -0.2) is 18.1 Å². The van der Waals surface area contributed by atoms with Gasteiger partial charge in [-0.15, -0.1) is 0 Å². The molecule has 2 rings (SSSR count). The summed E-state index contributed by atoms with van der Waals surface area (Å²) in [5.74, 6) is -2.71. The van der Waals surface area contributed by atoms with E-state index in [4.69, 9.17) is 10.5 Å². The van der Waals surface area contributed by atoms with Crippen LogP contribution >= 0.6 is 0 Å². The van der Waals surface area contributed by atoms with Gasteiger partial charge in [-0.25, -0.2) is 0 Å². The number of halogens is 2. The Morgan fingerprint density at radius 1 is 1.10 bits per heavy atom. The molecule has 2 aromatic rings. The molecule has 5 heteroatoms. The van der Waals surface area contributed by atoms with Crippen LogP contribution in [0.4, 0.5) is 8.78 Å². The van der Waals surface area contributed by atoms with Crippen LogP contribution in [0.2, 0.25) is 0 Å². The molecule has 3 nitrogen and oxygen atoms in total. The van der Waals surface area contributed by atoms with Crippen molar-refractivity contribution in [3.05, 3.63) is 59.9 Å². The van der Waals surface area contributed by atoms with E-state index in [-0.39, 0.29) is 5.56 Å². The number of aromatic nitrogens is 1. The molecule has 0 aliphatic carbocycles. The molecule has 0 amide bonds. The zero-order valence-electron chi connectivity index (χ0n) is 10.9. The van der Waals surface area contributed by atoms with E-state index in [1.807, 2.05) is 0 Å². The summed E-state index contributed by atoms with van der Waals surface area (Å²) in [5.41, 5.74) is 6.16. The molecule has 20 heavy (non-hydrogen) atoms. The number of ether oxygens (including phenoxy) is 1. The minimum atomic E-state index is -3.03. The predicted octanol–water partition coefficient (Wildman–Crippen LogP) is 2.75. The smallest absolute Gasteiger partial charge is 0.306 e. The molecule has 1 heterocycles. The molecule has 0 unspecified atom stereocenters. The summed E-state index contributed by atoms with van der Waals surface area (Å²) in [6.45, 7) is -0.214.